The molecule has 1 aromatic rings. The van der Waals surface area contributed by atoms with Gasteiger partial charge in [0.15, 0.2) is 0 Å². The highest BCUT2D eigenvalue weighted by molar-refractivity contribution is 7.09. The third kappa shape index (κ3) is 3.96. The summed E-state index contributed by atoms with van der Waals surface area (Å²) >= 11 is 1.67. The molecule has 5 nitrogen and oxygen atoms in total. The normalized spacial score (nSPS) is 18.5. The van der Waals surface area contributed by atoms with Gasteiger partial charge in [-0.3, -0.25) is 4.79 Å². The molecule has 1 saturated heterocycles. The van der Waals surface area contributed by atoms with Gasteiger partial charge < -0.3 is 15.3 Å². The number of rotatable bonds is 5. The fraction of sp³-hybridized carbons (Fsp3) is 0.538. The van der Waals surface area contributed by atoms with Crippen molar-refractivity contribution in [3.05, 3.63) is 22.4 Å². The van der Waals surface area contributed by atoms with Crippen LogP contribution in [-0.2, 0) is 11.2 Å². The first-order chi connectivity index (χ1) is 9.16. The van der Waals surface area contributed by atoms with Crippen LogP contribution in [0.15, 0.2) is 17.5 Å². The van der Waals surface area contributed by atoms with Crippen LogP contribution in [0.2, 0.25) is 0 Å². The van der Waals surface area contributed by atoms with E-state index in [2.05, 4.69) is 5.32 Å². The highest BCUT2D eigenvalue weighted by atomic mass is 32.1. The molecule has 6 heteroatoms. The first-order valence-electron chi connectivity index (χ1n) is 6.45. The summed E-state index contributed by atoms with van der Waals surface area (Å²) in [5.74, 6) is -0.844. The minimum atomic E-state index is -0.844. The Morgan fingerprint density at radius 2 is 2.37 bits per heavy atom. The average molecular weight is 282 g/mol. The number of carboxylic acid groups (broad SMARTS) is 1. The van der Waals surface area contributed by atoms with E-state index >= 15 is 0 Å². The van der Waals surface area contributed by atoms with Gasteiger partial charge >= 0.3 is 12.0 Å². The van der Waals surface area contributed by atoms with E-state index < -0.39 is 5.97 Å². The number of carboxylic acids is 1. The predicted octanol–water partition coefficient (Wildman–Crippen LogP) is 1.94. The number of aliphatic carboxylic acids is 1. The quantitative estimate of drug-likeness (QED) is 0.867. The number of amides is 2. The number of urea groups is 1. The first-order valence-corrected chi connectivity index (χ1v) is 7.33. The molecule has 104 valence electrons. The lowest BCUT2D eigenvalue weighted by Gasteiger charge is -2.23. The maximum absolute atomic E-state index is 12.0. The minimum absolute atomic E-state index is 0.0400. The van der Waals surface area contributed by atoms with Gasteiger partial charge in [-0.15, -0.1) is 11.3 Å². The molecule has 0 radical (unpaired) electrons. The average Bonchev–Trinajstić information content (AvgIpc) is 2.99. The topological polar surface area (TPSA) is 69.6 Å². The molecule has 0 spiro atoms. The third-order valence-electron chi connectivity index (χ3n) is 3.28. The molecule has 2 amide bonds. The van der Waals surface area contributed by atoms with Gasteiger partial charge in [0, 0.05) is 24.0 Å². The Balaban J connectivity index is 1.77. The largest absolute Gasteiger partial charge is 0.481 e. The van der Waals surface area contributed by atoms with E-state index in [9.17, 15) is 9.59 Å². The van der Waals surface area contributed by atoms with Crippen LogP contribution in [0.25, 0.3) is 0 Å². The third-order valence-corrected chi connectivity index (χ3v) is 4.21. The SMILES string of the molecule is O=C(O)CC1CCCN1C(=O)NCCc1cccs1. The van der Waals surface area contributed by atoms with E-state index in [1.54, 1.807) is 16.2 Å². The fourth-order valence-electron chi connectivity index (χ4n) is 2.37. The van der Waals surface area contributed by atoms with Crippen molar-refractivity contribution in [3.8, 4) is 0 Å². The van der Waals surface area contributed by atoms with Crippen molar-refractivity contribution in [3.63, 3.8) is 0 Å². The van der Waals surface area contributed by atoms with Gasteiger partial charge in [-0.25, -0.2) is 4.79 Å². The molecule has 1 atom stereocenters. The Morgan fingerprint density at radius 3 is 3.05 bits per heavy atom. The number of nitrogens with one attached hydrogen (secondary N) is 1. The van der Waals surface area contributed by atoms with E-state index in [1.165, 1.54) is 4.88 Å². The van der Waals surface area contributed by atoms with Crippen LogP contribution >= 0.6 is 11.3 Å². The summed E-state index contributed by atoms with van der Waals surface area (Å²) in [5.41, 5.74) is 0. The van der Waals surface area contributed by atoms with Crippen molar-refractivity contribution in [1.29, 1.82) is 0 Å². The molecule has 1 aliphatic heterocycles. The molecule has 0 aliphatic carbocycles. The summed E-state index contributed by atoms with van der Waals surface area (Å²) in [7, 11) is 0. The zero-order chi connectivity index (χ0) is 13.7. The molecule has 1 aromatic heterocycles. The van der Waals surface area contributed by atoms with E-state index in [4.69, 9.17) is 5.11 Å². The van der Waals surface area contributed by atoms with Crippen molar-refractivity contribution < 1.29 is 14.7 Å². The molecule has 1 aliphatic rings. The van der Waals surface area contributed by atoms with Gasteiger partial charge in [0.25, 0.3) is 0 Å². The second kappa shape index (κ2) is 6.56. The van der Waals surface area contributed by atoms with Crippen molar-refractivity contribution in [2.75, 3.05) is 13.1 Å². The van der Waals surface area contributed by atoms with Crippen molar-refractivity contribution in [2.24, 2.45) is 0 Å². The molecule has 0 aromatic carbocycles. The Morgan fingerprint density at radius 1 is 1.53 bits per heavy atom. The number of hydrogen-bond donors (Lipinski definition) is 2. The number of carbonyl (C=O) groups excluding carboxylic acids is 1. The molecule has 0 bridgehead atoms. The molecule has 1 unspecified atom stereocenters. The van der Waals surface area contributed by atoms with E-state index in [0.29, 0.717) is 13.1 Å². The summed E-state index contributed by atoms with van der Waals surface area (Å²) in [5, 5.41) is 13.7. The van der Waals surface area contributed by atoms with E-state index in [0.717, 1.165) is 19.3 Å². The Kier molecular flexibility index (Phi) is 4.79. The van der Waals surface area contributed by atoms with Gasteiger partial charge in [0.2, 0.25) is 0 Å². The summed E-state index contributed by atoms with van der Waals surface area (Å²) in [4.78, 5) is 25.6. The van der Waals surface area contributed by atoms with Crippen LogP contribution in [0.4, 0.5) is 4.79 Å². The second-order valence-electron chi connectivity index (χ2n) is 4.65. The minimum Gasteiger partial charge on any atom is -0.481 e. The smallest absolute Gasteiger partial charge is 0.317 e. The predicted molar refractivity (Wildman–Crippen MR) is 73.4 cm³/mol. The number of likely N-dealkylation sites (tertiary alicyclic amines) is 1. The van der Waals surface area contributed by atoms with Crippen LogP contribution < -0.4 is 5.32 Å². The molecule has 19 heavy (non-hydrogen) atoms. The maximum atomic E-state index is 12.0. The van der Waals surface area contributed by atoms with Gasteiger partial charge in [-0.2, -0.15) is 0 Å². The van der Waals surface area contributed by atoms with Crippen LogP contribution in [-0.4, -0.2) is 41.1 Å². The highest BCUT2D eigenvalue weighted by Crippen LogP contribution is 2.20. The summed E-state index contributed by atoms with van der Waals surface area (Å²) in [6.07, 6.45) is 2.53. The van der Waals surface area contributed by atoms with Gasteiger partial charge in [0.1, 0.15) is 0 Å². The molecular weight excluding hydrogens is 264 g/mol. The van der Waals surface area contributed by atoms with Crippen molar-refractivity contribution in [2.45, 2.75) is 31.7 Å². The van der Waals surface area contributed by atoms with E-state index in [-0.39, 0.29) is 18.5 Å². The molecule has 1 fully saturated rings. The summed E-state index contributed by atoms with van der Waals surface area (Å²) < 4.78 is 0. The zero-order valence-corrected chi connectivity index (χ0v) is 11.5. The number of carbonyl (C=O) groups is 2. The lowest BCUT2D eigenvalue weighted by atomic mass is 10.1. The summed E-state index contributed by atoms with van der Waals surface area (Å²) in [6, 6.07) is 3.74. The first kappa shape index (κ1) is 13.9. The number of thiophene rings is 1. The molecular formula is C13H18N2O3S. The van der Waals surface area contributed by atoms with Crippen LogP contribution in [0, 0.1) is 0 Å². The maximum Gasteiger partial charge on any atom is 0.317 e. The number of nitrogens with zero attached hydrogens (tertiary/aromatic N) is 1. The van der Waals surface area contributed by atoms with Gasteiger partial charge in [0.05, 0.1) is 6.42 Å². The molecule has 0 saturated carbocycles. The van der Waals surface area contributed by atoms with Crippen LogP contribution in [0.1, 0.15) is 24.1 Å². The lowest BCUT2D eigenvalue weighted by Crippen LogP contribution is -2.44. The monoisotopic (exact) mass is 282 g/mol. The highest BCUT2D eigenvalue weighted by Gasteiger charge is 2.29. The van der Waals surface area contributed by atoms with Gasteiger partial charge in [-0.1, -0.05) is 6.07 Å². The van der Waals surface area contributed by atoms with Gasteiger partial charge in [-0.05, 0) is 30.7 Å². The molecule has 2 heterocycles. The molecule has 2 rings (SSSR count). The van der Waals surface area contributed by atoms with Crippen molar-refractivity contribution in [1.82, 2.24) is 10.2 Å². The standard InChI is InChI=1S/C13H18N2O3S/c16-12(17)9-10-3-1-7-15(10)13(18)14-6-5-11-4-2-8-19-11/h2,4,8,10H,1,3,5-7,9H2,(H,14,18)(H,16,17). The van der Waals surface area contributed by atoms with Crippen LogP contribution in [0.5, 0.6) is 0 Å². The van der Waals surface area contributed by atoms with E-state index in [1.807, 2.05) is 17.5 Å². The number of hydrogen-bond acceptors (Lipinski definition) is 3. The van der Waals surface area contributed by atoms with Crippen LogP contribution in [0.3, 0.4) is 0 Å². The Hall–Kier alpha value is -1.56. The molecule has 2 N–H and O–H groups in total. The Labute approximate surface area is 116 Å². The second-order valence-corrected chi connectivity index (χ2v) is 5.68. The zero-order valence-electron chi connectivity index (χ0n) is 10.7. The lowest BCUT2D eigenvalue weighted by molar-refractivity contribution is -0.137. The fourth-order valence-corrected chi connectivity index (χ4v) is 3.07. The summed E-state index contributed by atoms with van der Waals surface area (Å²) in [6.45, 7) is 1.25. The van der Waals surface area contributed by atoms with Crippen molar-refractivity contribution >= 4 is 23.3 Å². The Bertz CT molecular complexity index is 433.